The van der Waals surface area contributed by atoms with Crippen molar-refractivity contribution in [3.63, 3.8) is 0 Å². The molecule has 0 radical (unpaired) electrons. The second-order valence-corrected chi connectivity index (χ2v) is 7.95. The molecule has 0 aromatic carbocycles. The van der Waals surface area contributed by atoms with Crippen LogP contribution in [0.3, 0.4) is 0 Å². The molecule has 1 N–H and O–H groups in total. The molecule has 148 valence electrons. The zero-order chi connectivity index (χ0) is 20.7. The van der Waals surface area contributed by atoms with E-state index in [4.69, 9.17) is 9.47 Å². The van der Waals surface area contributed by atoms with Gasteiger partial charge >= 0.3 is 12.2 Å². The normalized spacial score (nSPS) is 12.6. The largest absolute Gasteiger partial charge is 0.444 e. The third-order valence-electron chi connectivity index (χ3n) is 2.97. The minimum absolute atomic E-state index is 0.00140. The Morgan fingerprint density at radius 3 is 1.96 bits per heavy atom. The number of rotatable bonds is 7. The smallest absolute Gasteiger partial charge is 0.410 e. The highest BCUT2D eigenvalue weighted by atomic mass is 16.6. The molecule has 0 aliphatic heterocycles. The molecule has 0 bridgehead atoms. The molecule has 0 aromatic heterocycles. The SMILES string of the molecule is C=CCN(C[C@H](NC(=O)OC(C)(C)C)C(=C)C(C)=O)C(=O)OC(C)(C)C. The summed E-state index contributed by atoms with van der Waals surface area (Å²) in [5, 5.41) is 2.60. The van der Waals surface area contributed by atoms with E-state index in [0.29, 0.717) is 0 Å². The molecule has 0 heterocycles. The molecule has 0 rings (SSSR count). The van der Waals surface area contributed by atoms with Crippen LogP contribution >= 0.6 is 0 Å². The van der Waals surface area contributed by atoms with Crippen LogP contribution in [0.25, 0.3) is 0 Å². The summed E-state index contributed by atoms with van der Waals surface area (Å²) >= 11 is 0. The second-order valence-electron chi connectivity index (χ2n) is 7.95. The standard InChI is InChI=1S/C19H32N2O5/c1-10-11-21(17(24)26-19(7,8)9)12-15(13(2)14(3)22)20-16(23)25-18(4,5)6/h10,15H,1-2,11-12H2,3-9H3,(H,20,23)/t15-/m0/s1. The molecule has 1 atom stereocenters. The predicted molar refractivity (Wildman–Crippen MR) is 101 cm³/mol. The van der Waals surface area contributed by atoms with Crippen molar-refractivity contribution in [1.82, 2.24) is 10.2 Å². The Balaban J connectivity index is 5.36. The maximum atomic E-state index is 12.4. The van der Waals surface area contributed by atoms with Crippen LogP contribution in [0.2, 0.25) is 0 Å². The number of carbonyl (C=O) groups excluding carboxylic acids is 3. The van der Waals surface area contributed by atoms with E-state index in [1.54, 1.807) is 41.5 Å². The zero-order valence-electron chi connectivity index (χ0n) is 17.0. The van der Waals surface area contributed by atoms with Gasteiger partial charge in [-0.15, -0.1) is 6.58 Å². The maximum Gasteiger partial charge on any atom is 0.410 e. The van der Waals surface area contributed by atoms with E-state index in [1.807, 2.05) is 0 Å². The lowest BCUT2D eigenvalue weighted by atomic mass is 10.1. The fourth-order valence-electron chi connectivity index (χ4n) is 1.86. The summed E-state index contributed by atoms with van der Waals surface area (Å²) in [4.78, 5) is 37.6. The molecule has 0 aliphatic carbocycles. The fraction of sp³-hybridized carbons (Fsp3) is 0.632. The van der Waals surface area contributed by atoms with Crippen molar-refractivity contribution in [1.29, 1.82) is 0 Å². The number of amides is 2. The van der Waals surface area contributed by atoms with Crippen LogP contribution in [0.4, 0.5) is 9.59 Å². The number of nitrogens with one attached hydrogen (secondary N) is 1. The van der Waals surface area contributed by atoms with E-state index in [1.165, 1.54) is 17.9 Å². The van der Waals surface area contributed by atoms with Crippen LogP contribution in [-0.2, 0) is 14.3 Å². The number of ketones is 1. The van der Waals surface area contributed by atoms with Crippen molar-refractivity contribution in [2.45, 2.75) is 65.7 Å². The number of alkyl carbamates (subject to hydrolysis) is 1. The first-order valence-corrected chi connectivity index (χ1v) is 8.44. The Labute approximate surface area is 156 Å². The molecule has 2 amide bonds. The van der Waals surface area contributed by atoms with Crippen molar-refractivity contribution in [2.24, 2.45) is 0 Å². The first kappa shape index (κ1) is 23.7. The Hall–Kier alpha value is -2.31. The molecule has 0 spiro atoms. The van der Waals surface area contributed by atoms with Gasteiger partial charge in [0.25, 0.3) is 0 Å². The molecule has 0 unspecified atom stereocenters. The van der Waals surface area contributed by atoms with Crippen molar-refractivity contribution < 1.29 is 23.9 Å². The van der Waals surface area contributed by atoms with Gasteiger partial charge in [0.1, 0.15) is 11.2 Å². The van der Waals surface area contributed by atoms with Gasteiger partial charge in [-0.1, -0.05) is 12.7 Å². The lowest BCUT2D eigenvalue weighted by Crippen LogP contribution is -2.49. The van der Waals surface area contributed by atoms with Gasteiger partial charge in [-0.2, -0.15) is 0 Å². The van der Waals surface area contributed by atoms with E-state index in [2.05, 4.69) is 18.5 Å². The molecule has 7 nitrogen and oxygen atoms in total. The number of carbonyl (C=O) groups is 3. The van der Waals surface area contributed by atoms with Crippen molar-refractivity contribution in [3.05, 3.63) is 24.8 Å². The maximum absolute atomic E-state index is 12.4. The third kappa shape index (κ3) is 9.86. The average Bonchev–Trinajstić information content (AvgIpc) is 2.40. The van der Waals surface area contributed by atoms with Gasteiger partial charge in [0.2, 0.25) is 0 Å². The summed E-state index contributed by atoms with van der Waals surface area (Å²) in [6.45, 7) is 19.3. The lowest BCUT2D eigenvalue weighted by molar-refractivity contribution is -0.113. The Morgan fingerprint density at radius 1 is 1.08 bits per heavy atom. The molecule has 0 saturated carbocycles. The topological polar surface area (TPSA) is 84.9 Å². The zero-order valence-corrected chi connectivity index (χ0v) is 17.0. The minimum Gasteiger partial charge on any atom is -0.444 e. The molecular weight excluding hydrogens is 336 g/mol. The van der Waals surface area contributed by atoms with E-state index < -0.39 is 29.4 Å². The van der Waals surface area contributed by atoms with Gasteiger partial charge < -0.3 is 19.7 Å². The van der Waals surface area contributed by atoms with Gasteiger partial charge in [0, 0.05) is 18.7 Å². The highest BCUT2D eigenvalue weighted by molar-refractivity contribution is 5.94. The van der Waals surface area contributed by atoms with Crippen LogP contribution in [-0.4, -0.2) is 53.2 Å². The Bertz CT molecular complexity index is 555. The van der Waals surface area contributed by atoms with Gasteiger partial charge in [0.15, 0.2) is 5.78 Å². The van der Waals surface area contributed by atoms with E-state index in [0.717, 1.165) is 0 Å². The molecule has 0 saturated heterocycles. The summed E-state index contributed by atoms with van der Waals surface area (Å²) in [7, 11) is 0. The van der Waals surface area contributed by atoms with Crippen LogP contribution in [0.15, 0.2) is 24.8 Å². The molecular formula is C19H32N2O5. The van der Waals surface area contributed by atoms with Crippen molar-refractivity contribution in [3.8, 4) is 0 Å². The van der Waals surface area contributed by atoms with Crippen molar-refractivity contribution in [2.75, 3.05) is 13.1 Å². The highest BCUT2D eigenvalue weighted by Gasteiger charge is 2.28. The third-order valence-corrected chi connectivity index (χ3v) is 2.97. The minimum atomic E-state index is -0.810. The quantitative estimate of drug-likeness (QED) is 0.549. The van der Waals surface area contributed by atoms with Crippen LogP contribution in [0.1, 0.15) is 48.5 Å². The summed E-state index contributed by atoms with van der Waals surface area (Å²) in [6, 6.07) is -0.810. The Kier molecular flexibility index (Phi) is 8.57. The van der Waals surface area contributed by atoms with Gasteiger partial charge in [-0.25, -0.2) is 9.59 Å². The van der Waals surface area contributed by atoms with E-state index >= 15 is 0 Å². The molecule has 0 fully saturated rings. The number of ether oxygens (including phenoxy) is 2. The molecule has 26 heavy (non-hydrogen) atoms. The molecule has 0 aliphatic rings. The lowest BCUT2D eigenvalue weighted by Gasteiger charge is -2.31. The summed E-state index contributed by atoms with van der Waals surface area (Å²) in [6.07, 6.45) is 0.253. The van der Waals surface area contributed by atoms with Crippen LogP contribution in [0, 0.1) is 0 Å². The molecule has 7 heteroatoms. The summed E-state index contributed by atoms with van der Waals surface area (Å²) in [5.74, 6) is -0.297. The monoisotopic (exact) mass is 368 g/mol. The average molecular weight is 368 g/mol. The second kappa shape index (κ2) is 9.40. The number of nitrogens with zero attached hydrogens (tertiary/aromatic N) is 1. The van der Waals surface area contributed by atoms with Crippen LogP contribution in [0.5, 0.6) is 0 Å². The number of hydrogen-bond donors (Lipinski definition) is 1. The van der Waals surface area contributed by atoms with E-state index in [-0.39, 0.29) is 24.4 Å². The van der Waals surface area contributed by atoms with Gasteiger partial charge in [-0.05, 0) is 48.5 Å². The summed E-state index contributed by atoms with van der Waals surface area (Å²) in [5.41, 5.74) is -1.21. The first-order valence-electron chi connectivity index (χ1n) is 8.44. The van der Waals surface area contributed by atoms with Crippen molar-refractivity contribution >= 4 is 18.0 Å². The predicted octanol–water partition coefficient (Wildman–Crippen LogP) is 3.45. The van der Waals surface area contributed by atoms with Crippen LogP contribution < -0.4 is 5.32 Å². The fourth-order valence-corrected chi connectivity index (χ4v) is 1.86. The van der Waals surface area contributed by atoms with Gasteiger partial charge in [-0.3, -0.25) is 4.79 Å². The van der Waals surface area contributed by atoms with E-state index in [9.17, 15) is 14.4 Å². The molecule has 0 aromatic rings. The Morgan fingerprint density at radius 2 is 1.58 bits per heavy atom. The number of hydrogen-bond acceptors (Lipinski definition) is 5. The summed E-state index contributed by atoms with van der Waals surface area (Å²) < 4.78 is 10.6. The first-order chi connectivity index (χ1) is 11.7. The number of Topliss-reactive ketones (excluding diaryl/α,β-unsaturated/α-hetero) is 1. The highest BCUT2D eigenvalue weighted by Crippen LogP contribution is 2.13. The van der Waals surface area contributed by atoms with Gasteiger partial charge in [0.05, 0.1) is 6.04 Å².